The van der Waals surface area contributed by atoms with E-state index in [0.29, 0.717) is 16.7 Å². The summed E-state index contributed by atoms with van der Waals surface area (Å²) in [5, 5.41) is 0. The van der Waals surface area contributed by atoms with E-state index in [-0.39, 0.29) is 0 Å². The van der Waals surface area contributed by atoms with E-state index in [0.717, 1.165) is 0 Å². The molecule has 0 amide bonds. The number of nitrogens with zero attached hydrogens (tertiary/aromatic N) is 1. The first-order valence-corrected chi connectivity index (χ1v) is 2.78. The average molecular weight is 175 g/mol. The van der Waals surface area contributed by atoms with Gasteiger partial charge < -0.3 is 4.98 Å². The highest BCUT2D eigenvalue weighted by molar-refractivity contribution is 9.10. The van der Waals surface area contributed by atoms with Crippen LogP contribution in [0.1, 0.15) is 10.5 Å². The van der Waals surface area contributed by atoms with Crippen molar-refractivity contribution >= 4 is 22.2 Å². The standard InChI is InChI=1S/C4H3BrN2O/c5-4-6-1-3(2-8)7-4/h1-2H,(H,6,7). The SMILES string of the molecule is O=Cc1cnc(Br)[nH]1. The highest BCUT2D eigenvalue weighted by Crippen LogP contribution is 2.00. The van der Waals surface area contributed by atoms with Crippen molar-refractivity contribution in [3.63, 3.8) is 0 Å². The maximum absolute atomic E-state index is 9.93. The Balaban J connectivity index is 3.00. The molecule has 3 nitrogen and oxygen atoms in total. The van der Waals surface area contributed by atoms with E-state index in [2.05, 4.69) is 25.9 Å². The summed E-state index contributed by atoms with van der Waals surface area (Å²) in [6, 6.07) is 0. The number of H-pyrrole nitrogens is 1. The normalized spacial score (nSPS) is 9.12. The maximum Gasteiger partial charge on any atom is 0.174 e. The van der Waals surface area contributed by atoms with Crippen molar-refractivity contribution in [1.82, 2.24) is 9.97 Å². The number of imidazole rings is 1. The van der Waals surface area contributed by atoms with Gasteiger partial charge in [0.1, 0.15) is 0 Å². The molecule has 4 heteroatoms. The number of nitrogens with one attached hydrogen (secondary N) is 1. The summed E-state index contributed by atoms with van der Waals surface area (Å²) in [6.45, 7) is 0. The van der Waals surface area contributed by atoms with Crippen molar-refractivity contribution in [1.29, 1.82) is 0 Å². The van der Waals surface area contributed by atoms with Crippen LogP contribution < -0.4 is 0 Å². The van der Waals surface area contributed by atoms with E-state index < -0.39 is 0 Å². The Morgan fingerprint density at radius 2 is 2.62 bits per heavy atom. The summed E-state index contributed by atoms with van der Waals surface area (Å²) in [4.78, 5) is 16.3. The molecule has 0 atom stereocenters. The zero-order chi connectivity index (χ0) is 5.98. The van der Waals surface area contributed by atoms with Crippen LogP contribution in [-0.4, -0.2) is 16.3 Å². The first-order chi connectivity index (χ1) is 3.83. The number of halogens is 1. The van der Waals surface area contributed by atoms with Crippen LogP contribution in [-0.2, 0) is 0 Å². The lowest BCUT2D eigenvalue weighted by molar-refractivity contribution is 0.111. The van der Waals surface area contributed by atoms with Gasteiger partial charge in [-0.3, -0.25) is 4.79 Å². The summed E-state index contributed by atoms with van der Waals surface area (Å²) in [5.74, 6) is 0. The van der Waals surface area contributed by atoms with Crippen molar-refractivity contribution in [3.8, 4) is 0 Å². The predicted octanol–water partition coefficient (Wildman–Crippen LogP) is 0.985. The molecule has 1 aromatic heterocycles. The number of hydrogen-bond acceptors (Lipinski definition) is 2. The molecule has 0 bridgehead atoms. The molecule has 0 saturated carbocycles. The van der Waals surface area contributed by atoms with Gasteiger partial charge in [0.15, 0.2) is 11.0 Å². The molecule has 0 spiro atoms. The summed E-state index contributed by atoms with van der Waals surface area (Å²) in [5.41, 5.74) is 0.483. The van der Waals surface area contributed by atoms with Crippen LogP contribution in [0.15, 0.2) is 10.9 Å². The average Bonchev–Trinajstić information content (AvgIpc) is 2.14. The minimum absolute atomic E-state index is 0.483. The van der Waals surface area contributed by atoms with E-state index >= 15 is 0 Å². The fourth-order valence-corrected chi connectivity index (χ4v) is 0.701. The van der Waals surface area contributed by atoms with Crippen LogP contribution in [0.5, 0.6) is 0 Å². The smallest absolute Gasteiger partial charge is 0.174 e. The zero-order valence-corrected chi connectivity index (χ0v) is 5.47. The molecule has 0 fully saturated rings. The van der Waals surface area contributed by atoms with Crippen LogP contribution >= 0.6 is 15.9 Å². The van der Waals surface area contributed by atoms with Gasteiger partial charge in [-0.1, -0.05) is 0 Å². The molecule has 1 heterocycles. The Morgan fingerprint density at radius 1 is 1.88 bits per heavy atom. The number of hydrogen-bond donors (Lipinski definition) is 1. The Labute approximate surface area is 54.3 Å². The minimum Gasteiger partial charge on any atom is -0.330 e. The third-order valence-electron chi connectivity index (χ3n) is 0.691. The van der Waals surface area contributed by atoms with E-state index in [1.807, 2.05) is 0 Å². The van der Waals surface area contributed by atoms with Crippen molar-refractivity contribution in [2.75, 3.05) is 0 Å². The lowest BCUT2D eigenvalue weighted by Crippen LogP contribution is -1.74. The summed E-state index contributed by atoms with van der Waals surface area (Å²) >= 11 is 3.05. The van der Waals surface area contributed by atoms with E-state index in [1.165, 1.54) is 6.20 Å². The predicted molar refractivity (Wildman–Crippen MR) is 31.7 cm³/mol. The second kappa shape index (κ2) is 2.09. The lowest BCUT2D eigenvalue weighted by atomic mass is 10.6. The van der Waals surface area contributed by atoms with Gasteiger partial charge in [0.25, 0.3) is 0 Å². The molecule has 0 aliphatic carbocycles. The van der Waals surface area contributed by atoms with Crippen molar-refractivity contribution in [2.45, 2.75) is 0 Å². The number of rotatable bonds is 1. The lowest BCUT2D eigenvalue weighted by Gasteiger charge is -1.72. The zero-order valence-electron chi connectivity index (χ0n) is 3.89. The molecule has 42 valence electrons. The monoisotopic (exact) mass is 174 g/mol. The Morgan fingerprint density at radius 3 is 2.88 bits per heavy atom. The van der Waals surface area contributed by atoms with Gasteiger partial charge in [-0.15, -0.1) is 0 Å². The molecule has 0 aliphatic rings. The molecule has 0 radical (unpaired) electrons. The summed E-state index contributed by atoms with van der Waals surface area (Å²) in [6.07, 6.45) is 2.16. The van der Waals surface area contributed by atoms with Gasteiger partial charge in [-0.25, -0.2) is 4.98 Å². The maximum atomic E-state index is 9.93. The second-order valence-corrected chi connectivity index (χ2v) is 2.00. The second-order valence-electron chi connectivity index (χ2n) is 1.25. The van der Waals surface area contributed by atoms with Gasteiger partial charge >= 0.3 is 0 Å². The number of aromatic nitrogens is 2. The number of carbonyl (C=O) groups is 1. The van der Waals surface area contributed by atoms with Crippen LogP contribution in [0.3, 0.4) is 0 Å². The molecule has 1 rings (SSSR count). The van der Waals surface area contributed by atoms with Crippen molar-refractivity contribution < 1.29 is 4.79 Å². The van der Waals surface area contributed by atoms with Gasteiger partial charge in [-0.2, -0.15) is 0 Å². The fraction of sp³-hybridized carbons (Fsp3) is 0. The van der Waals surface area contributed by atoms with Crippen molar-refractivity contribution in [3.05, 3.63) is 16.6 Å². The molecule has 1 N–H and O–H groups in total. The number of carbonyl (C=O) groups excluding carboxylic acids is 1. The van der Waals surface area contributed by atoms with Gasteiger partial charge in [0.05, 0.1) is 11.9 Å². The Hall–Kier alpha value is -0.640. The summed E-state index contributed by atoms with van der Waals surface area (Å²) in [7, 11) is 0. The fourth-order valence-electron chi connectivity index (χ4n) is 0.370. The van der Waals surface area contributed by atoms with Gasteiger partial charge in [0.2, 0.25) is 0 Å². The first-order valence-electron chi connectivity index (χ1n) is 1.98. The topological polar surface area (TPSA) is 45.8 Å². The van der Waals surface area contributed by atoms with Gasteiger partial charge in [0, 0.05) is 0 Å². The highest BCUT2D eigenvalue weighted by atomic mass is 79.9. The first kappa shape index (κ1) is 5.50. The summed E-state index contributed by atoms with van der Waals surface area (Å²) < 4.78 is 0.583. The Kier molecular flexibility index (Phi) is 1.43. The molecular weight excluding hydrogens is 172 g/mol. The highest BCUT2D eigenvalue weighted by Gasteiger charge is 1.91. The molecule has 0 unspecified atom stereocenters. The molecule has 0 aromatic carbocycles. The molecular formula is C4H3BrN2O. The minimum atomic E-state index is 0.483. The van der Waals surface area contributed by atoms with Crippen molar-refractivity contribution in [2.24, 2.45) is 0 Å². The van der Waals surface area contributed by atoms with E-state index in [9.17, 15) is 4.79 Å². The largest absolute Gasteiger partial charge is 0.330 e. The third kappa shape index (κ3) is 0.949. The van der Waals surface area contributed by atoms with Crippen LogP contribution in [0.25, 0.3) is 0 Å². The molecule has 8 heavy (non-hydrogen) atoms. The van der Waals surface area contributed by atoms with Crippen LogP contribution in [0, 0.1) is 0 Å². The van der Waals surface area contributed by atoms with E-state index in [1.54, 1.807) is 0 Å². The quantitative estimate of drug-likeness (QED) is 0.646. The third-order valence-corrected chi connectivity index (χ3v) is 1.09. The number of aldehydes is 1. The van der Waals surface area contributed by atoms with Crippen LogP contribution in [0.4, 0.5) is 0 Å². The Bertz CT molecular complexity index is 196. The van der Waals surface area contributed by atoms with E-state index in [4.69, 9.17) is 0 Å². The number of aromatic amines is 1. The van der Waals surface area contributed by atoms with Gasteiger partial charge in [-0.05, 0) is 15.9 Å². The molecule has 0 saturated heterocycles. The molecule has 1 aromatic rings. The van der Waals surface area contributed by atoms with Crippen LogP contribution in [0.2, 0.25) is 0 Å². The molecule has 0 aliphatic heterocycles.